The maximum atomic E-state index is 14.1. The quantitative estimate of drug-likeness (QED) is 0.283. The van der Waals surface area contributed by atoms with Gasteiger partial charge in [-0.2, -0.15) is 13.2 Å². The van der Waals surface area contributed by atoms with E-state index in [-0.39, 0.29) is 41.6 Å². The molecule has 1 unspecified atom stereocenters. The maximum absolute atomic E-state index is 14.1. The Morgan fingerprint density at radius 2 is 1.74 bits per heavy atom. The van der Waals surface area contributed by atoms with E-state index < -0.39 is 29.1 Å². The molecule has 38 heavy (non-hydrogen) atoms. The van der Waals surface area contributed by atoms with Crippen molar-refractivity contribution in [2.24, 2.45) is 0 Å². The van der Waals surface area contributed by atoms with Crippen molar-refractivity contribution in [2.45, 2.75) is 25.7 Å². The van der Waals surface area contributed by atoms with Crippen molar-refractivity contribution in [3.05, 3.63) is 99.4 Å². The van der Waals surface area contributed by atoms with Gasteiger partial charge in [-0.25, -0.2) is 4.79 Å². The first-order valence-electron chi connectivity index (χ1n) is 11.6. The Labute approximate surface area is 215 Å². The minimum atomic E-state index is -5.02. The molecule has 1 aliphatic rings. The van der Waals surface area contributed by atoms with Gasteiger partial charge in [-0.3, -0.25) is 9.69 Å². The van der Waals surface area contributed by atoms with Crippen molar-refractivity contribution in [1.29, 1.82) is 0 Å². The third-order valence-electron chi connectivity index (χ3n) is 6.41. The van der Waals surface area contributed by atoms with Crippen LogP contribution in [0.1, 0.15) is 40.2 Å². The zero-order valence-electron chi connectivity index (χ0n) is 20.4. The number of halogens is 3. The summed E-state index contributed by atoms with van der Waals surface area (Å²) in [6.45, 7) is 2.38. The highest BCUT2D eigenvalue weighted by atomic mass is 19.4. The van der Waals surface area contributed by atoms with E-state index in [0.29, 0.717) is 11.3 Å². The Kier molecular flexibility index (Phi) is 6.58. The number of nitrogens with zero attached hydrogens (tertiary/aromatic N) is 1. The molecule has 0 radical (unpaired) electrons. The van der Waals surface area contributed by atoms with Gasteiger partial charge in [0.15, 0.2) is 0 Å². The Hall–Kier alpha value is -4.31. The number of benzene rings is 3. The number of fused-ring (bicyclic) bond motifs is 3. The van der Waals surface area contributed by atoms with E-state index in [1.54, 1.807) is 6.07 Å². The number of methoxy groups -OCH3 is 1. The highest BCUT2D eigenvalue weighted by molar-refractivity contribution is 5.89. The predicted molar refractivity (Wildman–Crippen MR) is 131 cm³/mol. The van der Waals surface area contributed by atoms with Gasteiger partial charge in [0, 0.05) is 12.6 Å². The van der Waals surface area contributed by atoms with Crippen LogP contribution in [0.5, 0.6) is 17.2 Å². The fourth-order valence-electron chi connectivity index (χ4n) is 4.33. The Morgan fingerprint density at radius 1 is 1.03 bits per heavy atom. The molecule has 196 valence electrons. The second-order valence-corrected chi connectivity index (χ2v) is 8.73. The molecule has 1 aliphatic heterocycles. The lowest BCUT2D eigenvalue weighted by molar-refractivity contribution is -0.154. The fraction of sp³-hybridized carbons (Fsp3) is 0.214. The van der Waals surface area contributed by atoms with Crippen molar-refractivity contribution in [3.63, 3.8) is 0 Å². The van der Waals surface area contributed by atoms with Crippen molar-refractivity contribution >= 4 is 16.9 Å². The predicted octanol–water partition coefficient (Wildman–Crippen LogP) is 6.30. The van der Waals surface area contributed by atoms with Crippen LogP contribution in [0.3, 0.4) is 0 Å². The minimum Gasteiger partial charge on any atom is -0.478 e. The molecule has 7 nitrogen and oxygen atoms in total. The Balaban J connectivity index is 1.57. The SMILES string of the molecule is COC(=O)c1ccc(Oc2c(C(F)(F)F)oc3c4c(ccc3c2=O)OCN(C(C)c2ccccc2)C4)cc1. The van der Waals surface area contributed by atoms with E-state index in [2.05, 4.69) is 4.74 Å². The minimum absolute atomic E-state index is 0.0734. The molecule has 0 saturated carbocycles. The molecule has 0 saturated heterocycles. The first-order chi connectivity index (χ1) is 18.2. The van der Waals surface area contributed by atoms with Gasteiger partial charge in [-0.1, -0.05) is 30.3 Å². The molecule has 5 rings (SSSR count). The molecular weight excluding hydrogens is 503 g/mol. The lowest BCUT2D eigenvalue weighted by Crippen LogP contribution is -2.34. The number of hydrogen-bond acceptors (Lipinski definition) is 7. The summed E-state index contributed by atoms with van der Waals surface area (Å²) in [6, 6.07) is 17.6. The first-order valence-corrected chi connectivity index (χ1v) is 11.6. The summed E-state index contributed by atoms with van der Waals surface area (Å²) in [5.74, 6) is -2.92. The number of hydrogen-bond donors (Lipinski definition) is 0. The van der Waals surface area contributed by atoms with Gasteiger partial charge in [0.1, 0.15) is 23.8 Å². The van der Waals surface area contributed by atoms with Gasteiger partial charge < -0.3 is 18.6 Å². The molecular formula is C28H22F3NO6. The normalized spacial score (nSPS) is 14.4. The Morgan fingerprint density at radius 3 is 2.39 bits per heavy atom. The summed E-state index contributed by atoms with van der Waals surface area (Å²) < 4.78 is 63.6. The highest BCUT2D eigenvalue weighted by Crippen LogP contribution is 2.41. The number of rotatable bonds is 5. The van der Waals surface area contributed by atoms with Crippen LogP contribution in [0.25, 0.3) is 11.0 Å². The molecule has 0 spiro atoms. The largest absolute Gasteiger partial charge is 0.478 e. The molecule has 1 aromatic heterocycles. The van der Waals surface area contributed by atoms with Crippen molar-refractivity contribution in [1.82, 2.24) is 4.90 Å². The van der Waals surface area contributed by atoms with Gasteiger partial charge >= 0.3 is 12.1 Å². The smallest absolute Gasteiger partial charge is 0.453 e. The molecule has 0 fully saturated rings. The highest BCUT2D eigenvalue weighted by Gasteiger charge is 2.41. The average molecular weight is 525 g/mol. The van der Waals surface area contributed by atoms with Crippen molar-refractivity contribution in [3.8, 4) is 17.2 Å². The maximum Gasteiger partial charge on any atom is 0.453 e. The summed E-state index contributed by atoms with van der Waals surface area (Å²) in [5.41, 5.74) is 0.325. The number of esters is 1. The second kappa shape index (κ2) is 9.86. The Bertz CT molecular complexity index is 1550. The third kappa shape index (κ3) is 4.70. The van der Waals surface area contributed by atoms with Gasteiger partial charge in [0.2, 0.25) is 11.2 Å². The standard InChI is InChI=1S/C28H22F3NO6/c1-16(17-6-4-3-5-7-17)32-14-21-22(36-15-32)13-12-20-23(33)25(26(28(29,30)31)38-24(20)21)37-19-10-8-18(9-11-19)27(34)35-2/h3-13,16H,14-15H2,1-2H3. The van der Waals surface area contributed by atoms with Crippen LogP contribution >= 0.6 is 0 Å². The third-order valence-corrected chi connectivity index (χ3v) is 6.41. The number of ether oxygens (including phenoxy) is 3. The van der Waals surface area contributed by atoms with E-state index in [1.165, 1.54) is 37.4 Å². The van der Waals surface area contributed by atoms with Crippen molar-refractivity contribution < 1.29 is 36.6 Å². The van der Waals surface area contributed by atoms with E-state index in [4.69, 9.17) is 13.9 Å². The summed E-state index contributed by atoms with van der Waals surface area (Å²) >= 11 is 0. The molecule has 0 bridgehead atoms. The van der Waals surface area contributed by atoms with Gasteiger partial charge in [-0.15, -0.1) is 0 Å². The van der Waals surface area contributed by atoms with Crippen LogP contribution < -0.4 is 14.9 Å². The number of carbonyl (C=O) groups is 1. The molecule has 10 heteroatoms. The van der Waals surface area contributed by atoms with Crippen LogP contribution in [-0.2, 0) is 17.5 Å². The number of alkyl halides is 3. The lowest BCUT2D eigenvalue weighted by atomic mass is 10.0. The van der Waals surface area contributed by atoms with E-state index >= 15 is 0 Å². The topological polar surface area (TPSA) is 78.2 Å². The lowest BCUT2D eigenvalue weighted by Gasteiger charge is -2.34. The van der Waals surface area contributed by atoms with Gasteiger partial charge in [0.25, 0.3) is 5.76 Å². The van der Waals surface area contributed by atoms with Gasteiger partial charge in [-0.05, 0) is 48.9 Å². The zero-order valence-corrected chi connectivity index (χ0v) is 20.4. The molecule has 3 aromatic carbocycles. The van der Waals surface area contributed by atoms with E-state index in [9.17, 15) is 22.8 Å². The average Bonchev–Trinajstić information content (AvgIpc) is 2.93. The van der Waals surface area contributed by atoms with Crippen LogP contribution in [0.2, 0.25) is 0 Å². The monoisotopic (exact) mass is 525 g/mol. The van der Waals surface area contributed by atoms with Crippen LogP contribution in [-0.4, -0.2) is 24.7 Å². The summed E-state index contributed by atoms with van der Waals surface area (Å²) in [5, 5.41) is -0.0734. The number of carbonyl (C=O) groups excluding carboxylic acids is 1. The van der Waals surface area contributed by atoms with Gasteiger partial charge in [0.05, 0.1) is 23.6 Å². The summed E-state index contributed by atoms with van der Waals surface area (Å²) in [7, 11) is 1.20. The summed E-state index contributed by atoms with van der Waals surface area (Å²) in [6.07, 6.45) is -5.02. The zero-order chi connectivity index (χ0) is 27.0. The molecule has 2 heterocycles. The molecule has 0 N–H and O–H groups in total. The molecule has 1 atom stereocenters. The van der Waals surface area contributed by atoms with Crippen LogP contribution in [0.4, 0.5) is 13.2 Å². The van der Waals surface area contributed by atoms with Crippen LogP contribution in [0.15, 0.2) is 75.9 Å². The molecule has 4 aromatic rings. The summed E-state index contributed by atoms with van der Waals surface area (Å²) in [4.78, 5) is 26.9. The van der Waals surface area contributed by atoms with Crippen LogP contribution in [0, 0.1) is 0 Å². The van der Waals surface area contributed by atoms with Crippen molar-refractivity contribution in [2.75, 3.05) is 13.8 Å². The molecule has 0 aliphatic carbocycles. The second-order valence-electron chi connectivity index (χ2n) is 8.73. The molecule has 0 amide bonds. The van der Waals surface area contributed by atoms with E-state index in [1.807, 2.05) is 42.2 Å². The first kappa shape index (κ1) is 25.3. The fourth-order valence-corrected chi connectivity index (χ4v) is 4.33. The van der Waals surface area contributed by atoms with E-state index in [0.717, 1.165) is 5.56 Å².